The number of fused-ring (bicyclic) bond motifs is 6. The molecule has 4 bridgehead atoms. The maximum Gasteiger partial charge on any atom is 0.264 e. The molecule has 7 atom stereocenters. The summed E-state index contributed by atoms with van der Waals surface area (Å²) in [6.45, 7) is 4.47. The Bertz CT molecular complexity index is 1280. The third-order valence-corrected chi connectivity index (χ3v) is 15.0. The number of sulfonamides is 1. The van der Waals surface area contributed by atoms with Crippen LogP contribution in [0, 0.1) is 40.4 Å². The fraction of sp³-hybridized carbons (Fsp3) is 0.577. The van der Waals surface area contributed by atoms with Crippen molar-refractivity contribution in [2.75, 3.05) is 5.75 Å². The predicted molar refractivity (Wildman–Crippen MR) is 135 cm³/mol. The van der Waals surface area contributed by atoms with Gasteiger partial charge in [-0.15, -0.1) is 0 Å². The molecule has 1 aromatic carbocycles. The highest BCUT2D eigenvalue weighted by Crippen LogP contribution is 2.72. The highest BCUT2D eigenvalue weighted by molar-refractivity contribution is 9.14. The van der Waals surface area contributed by atoms with Crippen LogP contribution in [-0.2, 0) is 14.8 Å². The molecular weight excluding hydrogens is 566 g/mol. The highest BCUT2D eigenvalue weighted by atomic mass is 79.9. The van der Waals surface area contributed by atoms with Crippen LogP contribution < -0.4 is 0 Å². The Hall–Kier alpha value is -0.920. The number of amides is 1. The third kappa shape index (κ3) is 2.34. The maximum absolute atomic E-state index is 14.3. The first-order chi connectivity index (χ1) is 15.6. The van der Waals surface area contributed by atoms with Gasteiger partial charge in [0.15, 0.2) is 0 Å². The van der Waals surface area contributed by atoms with Crippen molar-refractivity contribution in [3.05, 3.63) is 50.4 Å². The molecule has 5 aliphatic carbocycles. The lowest BCUT2D eigenvalue weighted by molar-refractivity contribution is -0.126. The van der Waals surface area contributed by atoms with Crippen LogP contribution in [0.1, 0.15) is 45.1 Å². The Labute approximate surface area is 212 Å². The van der Waals surface area contributed by atoms with Gasteiger partial charge >= 0.3 is 0 Å². The van der Waals surface area contributed by atoms with Crippen LogP contribution in [0.15, 0.2) is 44.9 Å². The summed E-state index contributed by atoms with van der Waals surface area (Å²) in [6, 6.07) is 9.95. The molecule has 6 aliphatic rings. The van der Waals surface area contributed by atoms with Crippen LogP contribution in [0.3, 0.4) is 0 Å². The molecule has 0 N–H and O–H groups in total. The van der Waals surface area contributed by atoms with E-state index >= 15 is 0 Å². The van der Waals surface area contributed by atoms with Crippen molar-refractivity contribution >= 4 is 53.4 Å². The van der Waals surface area contributed by atoms with Crippen molar-refractivity contribution in [3.63, 3.8) is 0 Å². The largest absolute Gasteiger partial charge is 0.268 e. The Balaban J connectivity index is 1.36. The fourth-order valence-corrected chi connectivity index (χ4v) is 12.9. The van der Waals surface area contributed by atoms with Crippen LogP contribution in [0.2, 0.25) is 0 Å². The van der Waals surface area contributed by atoms with E-state index in [0.717, 1.165) is 46.9 Å². The molecule has 1 spiro atoms. The second-order valence-electron chi connectivity index (χ2n) is 11.6. The molecule has 1 heterocycles. The number of carbonyl (C=O) groups excluding carboxylic acids is 1. The molecule has 1 saturated heterocycles. The van der Waals surface area contributed by atoms with Crippen molar-refractivity contribution in [1.29, 1.82) is 0 Å². The molecule has 0 unspecified atom stereocenters. The van der Waals surface area contributed by atoms with Crippen LogP contribution in [0.25, 0.3) is 5.57 Å². The van der Waals surface area contributed by atoms with Crippen molar-refractivity contribution in [2.45, 2.75) is 45.6 Å². The summed E-state index contributed by atoms with van der Waals surface area (Å²) in [4.78, 5) is 14.3. The summed E-state index contributed by atoms with van der Waals surface area (Å²) in [6.07, 6.45) is 3.83. The molecule has 1 aliphatic heterocycles. The number of nitrogens with zero attached hydrogens (tertiary/aromatic N) is 1. The molecule has 1 amide bonds. The van der Waals surface area contributed by atoms with Crippen LogP contribution in [0.5, 0.6) is 0 Å². The Morgan fingerprint density at radius 3 is 2.36 bits per heavy atom. The Morgan fingerprint density at radius 1 is 1.03 bits per heavy atom. The van der Waals surface area contributed by atoms with E-state index < -0.39 is 10.0 Å². The van der Waals surface area contributed by atoms with Gasteiger partial charge in [0.1, 0.15) is 0 Å². The van der Waals surface area contributed by atoms with Gasteiger partial charge in [0, 0.05) is 31.8 Å². The van der Waals surface area contributed by atoms with E-state index in [-0.39, 0.29) is 46.3 Å². The van der Waals surface area contributed by atoms with Gasteiger partial charge in [-0.1, -0.05) is 76.0 Å². The van der Waals surface area contributed by atoms with Crippen molar-refractivity contribution < 1.29 is 13.2 Å². The number of benzene rings is 1. The van der Waals surface area contributed by atoms with Gasteiger partial charge in [-0.25, -0.2) is 12.7 Å². The van der Waals surface area contributed by atoms with Crippen molar-refractivity contribution in [3.8, 4) is 0 Å². The number of carbonyl (C=O) groups is 1. The van der Waals surface area contributed by atoms with Crippen LogP contribution in [-0.4, -0.2) is 30.4 Å². The molecule has 33 heavy (non-hydrogen) atoms. The van der Waals surface area contributed by atoms with E-state index in [1.807, 2.05) is 18.2 Å². The van der Waals surface area contributed by atoms with Gasteiger partial charge in [-0.2, -0.15) is 0 Å². The van der Waals surface area contributed by atoms with Crippen LogP contribution in [0.4, 0.5) is 0 Å². The first kappa shape index (κ1) is 21.4. The lowest BCUT2D eigenvalue weighted by Crippen LogP contribution is -2.49. The average molecular weight is 593 g/mol. The van der Waals surface area contributed by atoms with Crippen molar-refractivity contribution in [1.82, 2.24) is 4.31 Å². The summed E-state index contributed by atoms with van der Waals surface area (Å²) in [5.41, 5.74) is 2.57. The number of hydrogen-bond acceptors (Lipinski definition) is 3. The number of rotatable bonds is 2. The first-order valence-corrected chi connectivity index (χ1v) is 15.2. The second kappa shape index (κ2) is 6.44. The normalized spacial score (nSPS) is 43.2. The molecule has 7 rings (SSSR count). The zero-order chi connectivity index (χ0) is 23.1. The molecule has 7 heteroatoms. The minimum atomic E-state index is -3.64. The van der Waals surface area contributed by atoms with Gasteiger partial charge in [0.25, 0.3) is 5.91 Å². The predicted octanol–water partition coefficient (Wildman–Crippen LogP) is 5.70. The monoisotopic (exact) mass is 591 g/mol. The SMILES string of the molecule is CC1(C)[C@@H]2CC[C@]13CS(=O)(=O)N(C(=O)C1=C(c4ccccc4)[C@H]4[C@@H]1[C@H]1C[C@@H]4C(Br)=C1Br)[C@@H]3C2. The smallest absolute Gasteiger partial charge is 0.264 e. The summed E-state index contributed by atoms with van der Waals surface area (Å²) in [5.74, 6) is 1.41. The van der Waals surface area contributed by atoms with Gasteiger partial charge < -0.3 is 0 Å². The quantitative estimate of drug-likeness (QED) is 0.442. The zero-order valence-corrected chi connectivity index (χ0v) is 22.7. The standard InChI is InChI=1S/C26H27Br2NO3S/c1-25(2)14-8-9-26(25)12-33(31,32)29(17(26)10-14)24(30)21-18(13-6-4-3-5-7-13)19-15-11-16(20(19)21)23(28)22(15)27/h3-7,14-17,19-20H,8-12H2,1-2H3/t14-,15+,16-,17-,19+,20+,26-/m1/s1. The second-order valence-corrected chi connectivity index (χ2v) is 15.2. The summed E-state index contributed by atoms with van der Waals surface area (Å²) < 4.78 is 31.0. The number of halogens is 2. The fourth-order valence-electron chi connectivity index (χ4n) is 8.87. The van der Waals surface area contributed by atoms with Gasteiger partial charge in [0.2, 0.25) is 10.0 Å². The minimum absolute atomic E-state index is 0.0401. The first-order valence-electron chi connectivity index (χ1n) is 12.0. The third-order valence-electron chi connectivity index (χ3n) is 10.5. The lowest BCUT2D eigenvalue weighted by atomic mass is 9.60. The molecule has 3 saturated carbocycles. The molecule has 4 nitrogen and oxygen atoms in total. The van der Waals surface area contributed by atoms with Crippen molar-refractivity contribution in [2.24, 2.45) is 40.4 Å². The minimum Gasteiger partial charge on any atom is -0.268 e. The molecule has 0 radical (unpaired) electrons. The number of hydrogen-bond donors (Lipinski definition) is 0. The van der Waals surface area contributed by atoms with E-state index in [0.29, 0.717) is 11.8 Å². The lowest BCUT2D eigenvalue weighted by Gasteiger charge is -2.46. The van der Waals surface area contributed by atoms with E-state index in [2.05, 4.69) is 57.8 Å². The summed E-state index contributed by atoms with van der Waals surface area (Å²) in [7, 11) is -3.64. The molecule has 4 fully saturated rings. The van der Waals surface area contributed by atoms with E-state index in [1.54, 1.807) is 0 Å². The zero-order valence-electron chi connectivity index (χ0n) is 18.7. The highest BCUT2D eigenvalue weighted by Gasteiger charge is 2.73. The summed E-state index contributed by atoms with van der Waals surface area (Å²) >= 11 is 7.57. The van der Waals surface area contributed by atoms with E-state index in [1.165, 1.54) is 8.79 Å². The van der Waals surface area contributed by atoms with Gasteiger partial charge in [0.05, 0.1) is 11.8 Å². The van der Waals surface area contributed by atoms with Gasteiger partial charge in [-0.05, 0) is 60.0 Å². The molecule has 1 aromatic rings. The number of allylic oxidation sites excluding steroid dienone is 3. The van der Waals surface area contributed by atoms with E-state index in [9.17, 15) is 13.2 Å². The summed E-state index contributed by atoms with van der Waals surface area (Å²) in [5, 5.41) is 0. The van der Waals surface area contributed by atoms with E-state index in [4.69, 9.17) is 0 Å². The van der Waals surface area contributed by atoms with Gasteiger partial charge in [-0.3, -0.25) is 4.79 Å². The Morgan fingerprint density at radius 2 is 1.70 bits per heavy atom. The molecular formula is C26H27Br2NO3S. The molecule has 174 valence electrons. The van der Waals surface area contributed by atoms with Crippen LogP contribution >= 0.6 is 31.9 Å². The maximum atomic E-state index is 14.3. The average Bonchev–Trinajstić information content (AvgIpc) is 3.42. The Kier molecular flexibility index (Phi) is 4.17. The topological polar surface area (TPSA) is 54.5 Å². The molecule has 0 aromatic heterocycles.